The van der Waals surface area contributed by atoms with Crippen molar-refractivity contribution in [1.82, 2.24) is 4.98 Å². The van der Waals surface area contributed by atoms with Crippen LogP contribution in [0.1, 0.15) is 11.3 Å². The summed E-state index contributed by atoms with van der Waals surface area (Å²) >= 11 is 0. The molecule has 0 aliphatic carbocycles. The fourth-order valence-corrected chi connectivity index (χ4v) is 0.889. The molecule has 0 aliphatic rings. The molecule has 0 saturated carbocycles. The number of carbonyl (C=O) groups is 1. The largest absolute Gasteiger partial charge is 0.410 e. The zero-order chi connectivity index (χ0) is 9.84. The number of primary amides is 1. The summed E-state index contributed by atoms with van der Waals surface area (Å²) in [4.78, 5) is 14.3. The second-order valence-corrected chi connectivity index (χ2v) is 2.49. The molecule has 1 aromatic rings. The Morgan fingerprint density at radius 1 is 1.77 bits per heavy atom. The van der Waals surface area contributed by atoms with Gasteiger partial charge in [0.1, 0.15) is 0 Å². The SMILES string of the molecule is Cc1ncc(OC(N)=O)cc1CO. The normalized spacial score (nSPS) is 9.69. The summed E-state index contributed by atoms with van der Waals surface area (Å²) in [6, 6.07) is 1.52. The standard InChI is InChI=1S/C8H10N2O3/c1-5-6(4-11)2-7(3-10-5)13-8(9)12/h2-3,11H,4H2,1H3,(H2,9,12). The van der Waals surface area contributed by atoms with Gasteiger partial charge in [0.05, 0.1) is 12.8 Å². The minimum Gasteiger partial charge on any atom is -0.409 e. The van der Waals surface area contributed by atoms with Crippen LogP contribution in [0.3, 0.4) is 0 Å². The number of nitrogens with two attached hydrogens (primary N) is 1. The highest BCUT2D eigenvalue weighted by Gasteiger charge is 2.03. The van der Waals surface area contributed by atoms with Gasteiger partial charge in [-0.3, -0.25) is 4.98 Å². The number of pyridine rings is 1. The molecule has 0 aliphatic heterocycles. The summed E-state index contributed by atoms with van der Waals surface area (Å²) in [6.07, 6.45) is 0.480. The molecule has 0 aromatic carbocycles. The first-order valence-corrected chi connectivity index (χ1v) is 3.67. The van der Waals surface area contributed by atoms with Gasteiger partial charge in [-0.1, -0.05) is 0 Å². The average Bonchev–Trinajstić information content (AvgIpc) is 2.07. The van der Waals surface area contributed by atoms with Crippen LogP contribution in [-0.4, -0.2) is 16.2 Å². The van der Waals surface area contributed by atoms with Gasteiger partial charge < -0.3 is 15.6 Å². The average molecular weight is 182 g/mol. The number of nitrogens with zero attached hydrogens (tertiary/aromatic N) is 1. The van der Waals surface area contributed by atoms with Crippen LogP contribution in [0.5, 0.6) is 5.75 Å². The fraction of sp³-hybridized carbons (Fsp3) is 0.250. The second-order valence-electron chi connectivity index (χ2n) is 2.49. The lowest BCUT2D eigenvalue weighted by Crippen LogP contribution is -2.16. The van der Waals surface area contributed by atoms with Gasteiger partial charge in [0.25, 0.3) is 0 Å². The van der Waals surface area contributed by atoms with E-state index in [-0.39, 0.29) is 12.4 Å². The van der Waals surface area contributed by atoms with Gasteiger partial charge >= 0.3 is 6.09 Å². The zero-order valence-corrected chi connectivity index (χ0v) is 7.15. The summed E-state index contributed by atoms with van der Waals surface area (Å²) in [6.45, 7) is 1.61. The molecule has 5 heteroatoms. The lowest BCUT2D eigenvalue weighted by Gasteiger charge is -2.04. The Hall–Kier alpha value is -1.62. The lowest BCUT2D eigenvalue weighted by atomic mass is 10.2. The van der Waals surface area contributed by atoms with E-state index in [1.54, 1.807) is 6.92 Å². The Balaban J connectivity index is 2.92. The summed E-state index contributed by atoms with van der Waals surface area (Å²) in [5.41, 5.74) is 6.11. The van der Waals surface area contributed by atoms with Crippen LogP contribution in [0.2, 0.25) is 0 Å². The Labute approximate surface area is 75.2 Å². The van der Waals surface area contributed by atoms with Crippen molar-refractivity contribution in [3.05, 3.63) is 23.5 Å². The molecule has 0 saturated heterocycles. The summed E-state index contributed by atoms with van der Waals surface area (Å²) in [5, 5.41) is 8.87. The number of aromatic nitrogens is 1. The first-order chi connectivity index (χ1) is 6.13. The van der Waals surface area contributed by atoms with Crippen LogP contribution in [0.25, 0.3) is 0 Å². The number of aryl methyl sites for hydroxylation is 1. The molecule has 0 radical (unpaired) electrons. The summed E-state index contributed by atoms with van der Waals surface area (Å²) in [5.74, 6) is 0.238. The molecular formula is C8H10N2O3. The highest BCUT2D eigenvalue weighted by atomic mass is 16.5. The van der Waals surface area contributed by atoms with Crippen molar-refractivity contribution in [2.24, 2.45) is 5.73 Å². The Kier molecular flexibility index (Phi) is 2.81. The van der Waals surface area contributed by atoms with Gasteiger partial charge in [-0.2, -0.15) is 0 Å². The van der Waals surface area contributed by atoms with E-state index in [0.717, 1.165) is 0 Å². The quantitative estimate of drug-likeness (QED) is 0.690. The minimum absolute atomic E-state index is 0.144. The number of hydrogen-bond donors (Lipinski definition) is 2. The van der Waals surface area contributed by atoms with Crippen LogP contribution in [-0.2, 0) is 6.61 Å². The van der Waals surface area contributed by atoms with Crippen molar-refractivity contribution in [2.75, 3.05) is 0 Å². The van der Waals surface area contributed by atoms with E-state index >= 15 is 0 Å². The molecule has 0 unspecified atom stereocenters. The Morgan fingerprint density at radius 2 is 2.46 bits per heavy atom. The molecule has 1 rings (SSSR count). The van der Waals surface area contributed by atoms with Crippen LogP contribution in [0.4, 0.5) is 4.79 Å². The van der Waals surface area contributed by atoms with Crippen molar-refractivity contribution in [2.45, 2.75) is 13.5 Å². The maximum absolute atomic E-state index is 10.4. The smallest absolute Gasteiger partial charge is 0.409 e. The van der Waals surface area contributed by atoms with E-state index in [2.05, 4.69) is 9.72 Å². The molecule has 1 aromatic heterocycles. The first kappa shape index (κ1) is 9.47. The molecule has 0 spiro atoms. The van der Waals surface area contributed by atoms with Crippen LogP contribution < -0.4 is 10.5 Å². The molecule has 0 fully saturated rings. The number of rotatable bonds is 2. The van der Waals surface area contributed by atoms with Gasteiger partial charge in [0, 0.05) is 11.3 Å². The summed E-state index contributed by atoms with van der Waals surface area (Å²) in [7, 11) is 0. The van der Waals surface area contributed by atoms with Crippen molar-refractivity contribution in [1.29, 1.82) is 0 Å². The number of aliphatic hydroxyl groups excluding tert-OH is 1. The molecule has 1 heterocycles. The molecule has 3 N–H and O–H groups in total. The molecular weight excluding hydrogens is 172 g/mol. The second kappa shape index (κ2) is 3.86. The zero-order valence-electron chi connectivity index (χ0n) is 7.15. The van der Waals surface area contributed by atoms with Crippen molar-refractivity contribution in [3.8, 4) is 5.75 Å². The molecule has 0 atom stereocenters. The van der Waals surface area contributed by atoms with Crippen LogP contribution in [0, 0.1) is 6.92 Å². The third kappa shape index (κ3) is 2.41. The van der Waals surface area contributed by atoms with E-state index < -0.39 is 6.09 Å². The number of aliphatic hydroxyl groups is 1. The van der Waals surface area contributed by atoms with Crippen molar-refractivity contribution < 1.29 is 14.6 Å². The van der Waals surface area contributed by atoms with E-state index in [9.17, 15) is 4.79 Å². The third-order valence-electron chi connectivity index (χ3n) is 1.56. The van der Waals surface area contributed by atoms with E-state index in [0.29, 0.717) is 11.3 Å². The van der Waals surface area contributed by atoms with E-state index in [1.165, 1.54) is 12.3 Å². The van der Waals surface area contributed by atoms with E-state index in [1.807, 2.05) is 0 Å². The van der Waals surface area contributed by atoms with Crippen LogP contribution >= 0.6 is 0 Å². The topological polar surface area (TPSA) is 85.4 Å². The molecule has 0 bridgehead atoms. The molecule has 13 heavy (non-hydrogen) atoms. The maximum Gasteiger partial charge on any atom is 0.410 e. The number of ether oxygens (including phenoxy) is 1. The monoisotopic (exact) mass is 182 g/mol. The van der Waals surface area contributed by atoms with Gasteiger partial charge in [-0.05, 0) is 13.0 Å². The Bertz CT molecular complexity index is 325. The van der Waals surface area contributed by atoms with Crippen molar-refractivity contribution in [3.63, 3.8) is 0 Å². The van der Waals surface area contributed by atoms with E-state index in [4.69, 9.17) is 10.8 Å². The maximum atomic E-state index is 10.4. The van der Waals surface area contributed by atoms with Crippen molar-refractivity contribution >= 4 is 6.09 Å². The third-order valence-corrected chi connectivity index (χ3v) is 1.56. The highest BCUT2D eigenvalue weighted by molar-refractivity contribution is 5.67. The predicted octanol–water partition coefficient (Wildman–Crippen LogP) is 0.340. The molecule has 5 nitrogen and oxygen atoms in total. The molecule has 1 amide bonds. The number of carbonyl (C=O) groups excluding carboxylic acids is 1. The van der Waals surface area contributed by atoms with Gasteiger partial charge in [0.2, 0.25) is 0 Å². The first-order valence-electron chi connectivity index (χ1n) is 3.67. The van der Waals surface area contributed by atoms with Crippen LogP contribution in [0.15, 0.2) is 12.3 Å². The predicted molar refractivity (Wildman–Crippen MR) is 45.1 cm³/mol. The van der Waals surface area contributed by atoms with Gasteiger partial charge in [0.15, 0.2) is 5.75 Å². The lowest BCUT2D eigenvalue weighted by molar-refractivity contribution is 0.210. The highest BCUT2D eigenvalue weighted by Crippen LogP contribution is 2.14. The summed E-state index contributed by atoms with van der Waals surface area (Å²) < 4.78 is 4.58. The minimum atomic E-state index is -0.894. The number of amides is 1. The molecule has 70 valence electrons. The van der Waals surface area contributed by atoms with Gasteiger partial charge in [-0.15, -0.1) is 0 Å². The Morgan fingerprint density at radius 3 is 3.00 bits per heavy atom. The fourth-order valence-electron chi connectivity index (χ4n) is 0.889. The van der Waals surface area contributed by atoms with Gasteiger partial charge in [-0.25, -0.2) is 4.79 Å². The number of hydrogen-bond acceptors (Lipinski definition) is 4.